The molecule has 1 aliphatic heterocycles. The number of benzene rings is 1. The smallest absolute Gasteiger partial charge is 0.322 e. The molecule has 1 aromatic heterocycles. The first-order valence-corrected chi connectivity index (χ1v) is 7.83. The number of urea groups is 1. The lowest BCUT2D eigenvalue weighted by molar-refractivity contribution is -0.120. The number of aryl methyl sites for hydroxylation is 3. The molecule has 0 saturated carbocycles. The van der Waals surface area contributed by atoms with E-state index in [4.69, 9.17) is 0 Å². The van der Waals surface area contributed by atoms with Crippen LogP contribution in [-0.4, -0.2) is 32.7 Å². The number of rotatable bonds is 4. The molecule has 0 radical (unpaired) electrons. The van der Waals surface area contributed by atoms with Crippen LogP contribution in [0.5, 0.6) is 0 Å². The number of nitrogens with zero attached hydrogens (tertiary/aromatic N) is 3. The molecule has 2 N–H and O–H groups in total. The number of hydrogen-bond donors (Lipinski definition) is 2. The molecule has 7 nitrogen and oxygen atoms in total. The van der Waals surface area contributed by atoms with Crippen molar-refractivity contribution in [3.63, 3.8) is 0 Å². The minimum Gasteiger partial charge on any atom is -0.326 e. The summed E-state index contributed by atoms with van der Waals surface area (Å²) in [5.41, 5.74) is 3.80. The third-order valence-electron chi connectivity index (χ3n) is 4.46. The second-order valence-electron chi connectivity index (χ2n) is 5.95. The molecule has 3 amide bonds. The number of amides is 3. The first kappa shape index (κ1) is 13.9. The van der Waals surface area contributed by atoms with Gasteiger partial charge in [0.25, 0.3) is 5.91 Å². The van der Waals surface area contributed by atoms with E-state index in [1.54, 1.807) is 0 Å². The minimum atomic E-state index is -0.493. The summed E-state index contributed by atoms with van der Waals surface area (Å²) in [6, 6.07) is 5.47. The Balaban J connectivity index is 1.52. The van der Waals surface area contributed by atoms with Gasteiger partial charge in [0.15, 0.2) is 0 Å². The normalized spacial score (nSPS) is 19.6. The van der Waals surface area contributed by atoms with E-state index in [1.807, 2.05) is 4.68 Å². The van der Waals surface area contributed by atoms with Gasteiger partial charge in [0.2, 0.25) is 0 Å². The molecule has 0 unspecified atom stereocenters. The summed E-state index contributed by atoms with van der Waals surface area (Å²) in [6.07, 6.45) is 6.06. The maximum Gasteiger partial charge on any atom is 0.322 e. The SMILES string of the molecule is O=C1NC(=O)[C@H](CCc2ncnn2-c2ccc3c(c2)CCC3)N1. The average Bonchev–Trinajstić information content (AvgIpc) is 3.24. The molecular formula is C16H17N5O2. The Kier molecular flexibility index (Phi) is 3.33. The standard InChI is InChI=1S/C16H17N5O2/c22-15-13(19-16(23)20-15)6-7-14-17-9-18-21(14)12-5-4-10-2-1-3-11(10)8-12/h4-5,8-9,13H,1-3,6-7H2,(H2,19,20,22,23)/t13-/m0/s1. The van der Waals surface area contributed by atoms with Crippen molar-refractivity contribution in [2.75, 3.05) is 0 Å². The van der Waals surface area contributed by atoms with Gasteiger partial charge in [-0.2, -0.15) is 5.10 Å². The topological polar surface area (TPSA) is 88.9 Å². The molecule has 0 bridgehead atoms. The van der Waals surface area contributed by atoms with Crippen LogP contribution in [0.25, 0.3) is 5.69 Å². The average molecular weight is 311 g/mol. The molecule has 118 valence electrons. The molecule has 23 heavy (non-hydrogen) atoms. The van der Waals surface area contributed by atoms with Crippen LogP contribution in [0, 0.1) is 0 Å². The summed E-state index contributed by atoms with van der Waals surface area (Å²) in [4.78, 5) is 27.0. The minimum absolute atomic E-state index is 0.279. The van der Waals surface area contributed by atoms with Crippen LogP contribution >= 0.6 is 0 Å². The lowest BCUT2D eigenvalue weighted by Gasteiger charge is -2.10. The highest BCUT2D eigenvalue weighted by atomic mass is 16.2. The Morgan fingerprint density at radius 1 is 1.22 bits per heavy atom. The van der Waals surface area contributed by atoms with E-state index >= 15 is 0 Å². The van der Waals surface area contributed by atoms with Crippen molar-refractivity contribution in [1.82, 2.24) is 25.4 Å². The molecule has 1 saturated heterocycles. The van der Waals surface area contributed by atoms with Crippen LogP contribution in [0.4, 0.5) is 4.79 Å². The summed E-state index contributed by atoms with van der Waals surface area (Å²) >= 11 is 0. The summed E-state index contributed by atoms with van der Waals surface area (Å²) in [6.45, 7) is 0. The van der Waals surface area contributed by atoms with Crippen molar-refractivity contribution >= 4 is 11.9 Å². The van der Waals surface area contributed by atoms with E-state index in [0.717, 1.165) is 24.4 Å². The molecule has 4 rings (SSSR count). The number of aromatic nitrogens is 3. The number of imide groups is 1. The Morgan fingerprint density at radius 2 is 2.09 bits per heavy atom. The molecule has 1 aliphatic carbocycles. The van der Waals surface area contributed by atoms with E-state index in [2.05, 4.69) is 38.9 Å². The lowest BCUT2D eigenvalue weighted by Crippen LogP contribution is -2.29. The summed E-state index contributed by atoms with van der Waals surface area (Å²) in [5.74, 6) is 0.510. The first-order chi connectivity index (χ1) is 11.2. The fourth-order valence-electron chi connectivity index (χ4n) is 3.28. The fourth-order valence-corrected chi connectivity index (χ4v) is 3.28. The van der Waals surface area contributed by atoms with Gasteiger partial charge >= 0.3 is 6.03 Å². The monoisotopic (exact) mass is 311 g/mol. The van der Waals surface area contributed by atoms with Gasteiger partial charge in [0, 0.05) is 6.42 Å². The molecule has 1 fully saturated rings. The third-order valence-corrected chi connectivity index (χ3v) is 4.46. The predicted molar refractivity (Wildman–Crippen MR) is 82.2 cm³/mol. The summed E-state index contributed by atoms with van der Waals surface area (Å²) < 4.78 is 1.81. The largest absolute Gasteiger partial charge is 0.326 e. The molecule has 1 atom stereocenters. The molecular weight excluding hydrogens is 294 g/mol. The molecule has 7 heteroatoms. The highest BCUT2D eigenvalue weighted by Gasteiger charge is 2.29. The number of hydrogen-bond acceptors (Lipinski definition) is 4. The number of nitrogens with one attached hydrogen (secondary N) is 2. The zero-order valence-corrected chi connectivity index (χ0v) is 12.6. The summed E-state index contributed by atoms with van der Waals surface area (Å²) in [7, 11) is 0. The number of carbonyl (C=O) groups is 2. The van der Waals surface area contributed by atoms with E-state index in [-0.39, 0.29) is 5.91 Å². The summed E-state index contributed by atoms with van der Waals surface area (Å²) in [5, 5.41) is 9.15. The molecule has 1 aromatic carbocycles. The van der Waals surface area contributed by atoms with Gasteiger partial charge < -0.3 is 5.32 Å². The lowest BCUT2D eigenvalue weighted by atomic mass is 10.1. The van der Waals surface area contributed by atoms with Crippen LogP contribution in [0.2, 0.25) is 0 Å². The van der Waals surface area contributed by atoms with Crippen molar-refractivity contribution in [1.29, 1.82) is 0 Å². The Labute approximate surface area is 133 Å². The van der Waals surface area contributed by atoms with Crippen LogP contribution in [0.15, 0.2) is 24.5 Å². The highest BCUT2D eigenvalue weighted by Crippen LogP contribution is 2.24. The van der Waals surface area contributed by atoms with E-state index in [1.165, 1.54) is 23.9 Å². The van der Waals surface area contributed by atoms with Crippen LogP contribution in [-0.2, 0) is 24.1 Å². The van der Waals surface area contributed by atoms with Crippen LogP contribution in [0.1, 0.15) is 29.8 Å². The molecule has 0 spiro atoms. The Morgan fingerprint density at radius 3 is 2.91 bits per heavy atom. The van der Waals surface area contributed by atoms with Crippen molar-refractivity contribution in [3.8, 4) is 5.69 Å². The zero-order valence-electron chi connectivity index (χ0n) is 12.6. The van der Waals surface area contributed by atoms with E-state index < -0.39 is 12.1 Å². The Bertz CT molecular complexity index is 783. The van der Waals surface area contributed by atoms with Crippen molar-refractivity contribution in [2.45, 2.75) is 38.1 Å². The van der Waals surface area contributed by atoms with Crippen molar-refractivity contribution < 1.29 is 9.59 Å². The molecule has 2 aromatic rings. The van der Waals surface area contributed by atoms with Crippen LogP contribution in [0.3, 0.4) is 0 Å². The first-order valence-electron chi connectivity index (χ1n) is 7.83. The van der Waals surface area contributed by atoms with Gasteiger partial charge in [-0.1, -0.05) is 6.07 Å². The van der Waals surface area contributed by atoms with Crippen molar-refractivity contribution in [2.24, 2.45) is 0 Å². The van der Waals surface area contributed by atoms with Gasteiger partial charge in [-0.15, -0.1) is 0 Å². The fraction of sp³-hybridized carbons (Fsp3) is 0.375. The second-order valence-corrected chi connectivity index (χ2v) is 5.95. The van der Waals surface area contributed by atoms with Gasteiger partial charge in [-0.05, 0) is 48.9 Å². The maximum atomic E-state index is 11.6. The van der Waals surface area contributed by atoms with Gasteiger partial charge in [-0.25, -0.2) is 14.5 Å². The maximum absolute atomic E-state index is 11.6. The Hall–Kier alpha value is -2.70. The second kappa shape index (κ2) is 5.49. The number of carbonyl (C=O) groups excluding carboxylic acids is 2. The third kappa shape index (κ3) is 2.58. The van der Waals surface area contributed by atoms with Gasteiger partial charge in [-0.3, -0.25) is 10.1 Å². The van der Waals surface area contributed by atoms with E-state index in [0.29, 0.717) is 12.8 Å². The van der Waals surface area contributed by atoms with E-state index in [9.17, 15) is 9.59 Å². The van der Waals surface area contributed by atoms with Crippen molar-refractivity contribution in [3.05, 3.63) is 41.5 Å². The molecule has 2 heterocycles. The highest BCUT2D eigenvalue weighted by molar-refractivity contribution is 6.04. The van der Waals surface area contributed by atoms with Gasteiger partial charge in [0.05, 0.1) is 5.69 Å². The van der Waals surface area contributed by atoms with Crippen LogP contribution < -0.4 is 10.6 Å². The zero-order chi connectivity index (χ0) is 15.8. The van der Waals surface area contributed by atoms with Gasteiger partial charge in [0.1, 0.15) is 18.2 Å². The number of fused-ring (bicyclic) bond motifs is 1. The quantitative estimate of drug-likeness (QED) is 0.821. The predicted octanol–water partition coefficient (Wildman–Crippen LogP) is 0.897. The molecule has 2 aliphatic rings.